The van der Waals surface area contributed by atoms with E-state index in [2.05, 4.69) is 15.5 Å². The number of rotatable bonds is 6. The van der Waals surface area contributed by atoms with Crippen molar-refractivity contribution in [1.29, 1.82) is 0 Å². The highest BCUT2D eigenvalue weighted by molar-refractivity contribution is 6.08. The molecule has 4 aromatic rings. The summed E-state index contributed by atoms with van der Waals surface area (Å²) in [6.07, 6.45) is 2.61. The molecule has 2 heterocycles. The number of aryl methyl sites for hydroxylation is 1. The number of aromatic nitrogens is 2. The van der Waals surface area contributed by atoms with E-state index in [4.69, 9.17) is 9.26 Å². The summed E-state index contributed by atoms with van der Waals surface area (Å²) in [4.78, 5) is 17.1. The molecule has 0 saturated heterocycles. The van der Waals surface area contributed by atoms with Gasteiger partial charge in [0, 0.05) is 23.2 Å². The molecule has 0 aliphatic carbocycles. The van der Waals surface area contributed by atoms with E-state index < -0.39 is 0 Å². The van der Waals surface area contributed by atoms with E-state index in [0.29, 0.717) is 29.3 Å². The number of nitrogens with zero attached hydrogens (tertiary/aromatic N) is 2. The lowest BCUT2D eigenvalue weighted by atomic mass is 10.1. The first kappa shape index (κ1) is 18.7. The van der Waals surface area contributed by atoms with Crippen molar-refractivity contribution in [2.75, 3.05) is 11.9 Å². The van der Waals surface area contributed by atoms with Gasteiger partial charge < -0.3 is 14.6 Å². The van der Waals surface area contributed by atoms with Crippen molar-refractivity contribution in [3.05, 3.63) is 72.1 Å². The largest absolute Gasteiger partial charge is 0.491 e. The number of nitrogens with one attached hydrogen (secondary N) is 1. The van der Waals surface area contributed by atoms with Gasteiger partial charge in [0.2, 0.25) is 0 Å². The first-order chi connectivity index (χ1) is 14.2. The van der Waals surface area contributed by atoms with Crippen LogP contribution in [0.2, 0.25) is 0 Å². The Hall–Kier alpha value is -3.67. The number of hydrogen-bond acceptors (Lipinski definition) is 5. The number of hydrogen-bond donors (Lipinski definition) is 1. The van der Waals surface area contributed by atoms with Gasteiger partial charge in [-0.15, -0.1) is 0 Å². The minimum absolute atomic E-state index is 0.212. The average molecular weight is 387 g/mol. The SMILES string of the molecule is CCCOc1ccc(NC(=O)c2cc(-c3ccc(C)cc3)on2)c2cccnc12. The summed E-state index contributed by atoms with van der Waals surface area (Å²) in [5.41, 5.74) is 3.58. The molecule has 4 rings (SSSR count). The third kappa shape index (κ3) is 3.96. The van der Waals surface area contributed by atoms with Gasteiger partial charge in [0.1, 0.15) is 11.3 Å². The third-order valence-corrected chi connectivity index (χ3v) is 4.52. The number of fused-ring (bicyclic) bond motifs is 1. The van der Waals surface area contributed by atoms with Crippen molar-refractivity contribution in [3.63, 3.8) is 0 Å². The van der Waals surface area contributed by atoms with Gasteiger partial charge >= 0.3 is 0 Å². The molecule has 6 heteroatoms. The van der Waals surface area contributed by atoms with Crippen LogP contribution in [0.4, 0.5) is 5.69 Å². The minimum Gasteiger partial charge on any atom is -0.491 e. The van der Waals surface area contributed by atoms with Crippen LogP contribution in [0.25, 0.3) is 22.2 Å². The quantitative estimate of drug-likeness (QED) is 0.490. The molecule has 0 atom stereocenters. The van der Waals surface area contributed by atoms with Crippen LogP contribution < -0.4 is 10.1 Å². The van der Waals surface area contributed by atoms with Crippen molar-refractivity contribution in [3.8, 4) is 17.1 Å². The molecule has 6 nitrogen and oxygen atoms in total. The Kier molecular flexibility index (Phi) is 5.24. The molecule has 29 heavy (non-hydrogen) atoms. The highest BCUT2D eigenvalue weighted by Crippen LogP contribution is 2.30. The summed E-state index contributed by atoms with van der Waals surface area (Å²) in [5, 5.41) is 7.63. The number of benzene rings is 2. The number of anilines is 1. The molecule has 0 unspecified atom stereocenters. The normalized spacial score (nSPS) is 10.8. The Morgan fingerprint density at radius 1 is 1.14 bits per heavy atom. The van der Waals surface area contributed by atoms with Crippen LogP contribution in [0.1, 0.15) is 29.4 Å². The molecular weight excluding hydrogens is 366 g/mol. The minimum atomic E-state index is -0.348. The van der Waals surface area contributed by atoms with E-state index in [1.807, 2.05) is 62.4 Å². The fourth-order valence-corrected chi connectivity index (χ4v) is 3.01. The molecule has 146 valence electrons. The van der Waals surface area contributed by atoms with E-state index in [1.165, 1.54) is 0 Å². The van der Waals surface area contributed by atoms with Crippen LogP contribution in [0.15, 0.2) is 65.3 Å². The Balaban J connectivity index is 1.59. The van der Waals surface area contributed by atoms with Crippen molar-refractivity contribution in [1.82, 2.24) is 10.1 Å². The van der Waals surface area contributed by atoms with Gasteiger partial charge in [0.25, 0.3) is 5.91 Å². The Labute approximate surface area is 168 Å². The molecule has 0 saturated carbocycles. The smallest absolute Gasteiger partial charge is 0.277 e. The van der Waals surface area contributed by atoms with E-state index >= 15 is 0 Å². The lowest BCUT2D eigenvalue weighted by Gasteiger charge is -2.11. The van der Waals surface area contributed by atoms with Crippen LogP contribution in [0.3, 0.4) is 0 Å². The summed E-state index contributed by atoms with van der Waals surface area (Å²) in [6.45, 7) is 4.67. The Bertz CT molecular complexity index is 1150. The van der Waals surface area contributed by atoms with Crippen molar-refractivity contribution >= 4 is 22.5 Å². The predicted molar refractivity (Wildman–Crippen MR) is 112 cm³/mol. The molecule has 0 radical (unpaired) electrons. The second-order valence-electron chi connectivity index (χ2n) is 6.76. The zero-order valence-electron chi connectivity index (χ0n) is 16.3. The zero-order valence-corrected chi connectivity index (χ0v) is 16.3. The van der Waals surface area contributed by atoms with Gasteiger partial charge in [-0.05, 0) is 37.6 Å². The highest BCUT2D eigenvalue weighted by atomic mass is 16.5. The topological polar surface area (TPSA) is 77.2 Å². The summed E-state index contributed by atoms with van der Waals surface area (Å²) in [7, 11) is 0. The van der Waals surface area contributed by atoms with Crippen LogP contribution in [-0.2, 0) is 0 Å². The van der Waals surface area contributed by atoms with Gasteiger partial charge in [-0.1, -0.05) is 41.9 Å². The molecule has 1 N–H and O–H groups in total. The van der Waals surface area contributed by atoms with Crippen LogP contribution in [-0.4, -0.2) is 22.7 Å². The lowest BCUT2D eigenvalue weighted by molar-refractivity contribution is 0.101. The molecule has 2 aromatic carbocycles. The number of ether oxygens (including phenoxy) is 1. The molecule has 0 aliphatic heterocycles. The van der Waals surface area contributed by atoms with Crippen molar-refractivity contribution < 1.29 is 14.1 Å². The predicted octanol–water partition coefficient (Wildman–Crippen LogP) is 5.24. The highest BCUT2D eigenvalue weighted by Gasteiger charge is 2.16. The van der Waals surface area contributed by atoms with E-state index in [0.717, 1.165) is 22.9 Å². The Morgan fingerprint density at radius 2 is 1.97 bits per heavy atom. The van der Waals surface area contributed by atoms with E-state index in [-0.39, 0.29) is 11.6 Å². The number of carbonyl (C=O) groups excluding carboxylic acids is 1. The fraction of sp³-hybridized carbons (Fsp3) is 0.174. The molecule has 0 aliphatic rings. The third-order valence-electron chi connectivity index (χ3n) is 4.52. The first-order valence-corrected chi connectivity index (χ1v) is 9.51. The Morgan fingerprint density at radius 3 is 2.76 bits per heavy atom. The number of amides is 1. The molecule has 2 aromatic heterocycles. The molecule has 0 bridgehead atoms. The van der Waals surface area contributed by atoms with Gasteiger partial charge in [-0.3, -0.25) is 9.78 Å². The first-order valence-electron chi connectivity index (χ1n) is 9.51. The standard InChI is InChI=1S/C23H21N3O3/c1-3-13-28-20-11-10-18(17-5-4-12-24-22(17)20)25-23(27)19-14-21(29-26-19)16-8-6-15(2)7-9-16/h4-12,14H,3,13H2,1-2H3,(H,25,27). The van der Waals surface area contributed by atoms with Crippen molar-refractivity contribution in [2.24, 2.45) is 0 Å². The van der Waals surface area contributed by atoms with Crippen LogP contribution in [0.5, 0.6) is 5.75 Å². The fourth-order valence-electron chi connectivity index (χ4n) is 3.01. The molecule has 0 spiro atoms. The molecular formula is C23H21N3O3. The van der Waals surface area contributed by atoms with Gasteiger partial charge in [-0.25, -0.2) is 0 Å². The number of pyridine rings is 1. The monoisotopic (exact) mass is 387 g/mol. The van der Waals surface area contributed by atoms with Crippen LogP contribution >= 0.6 is 0 Å². The number of carbonyl (C=O) groups is 1. The average Bonchev–Trinajstić information content (AvgIpc) is 3.24. The molecule has 1 amide bonds. The summed E-state index contributed by atoms with van der Waals surface area (Å²) in [6, 6.07) is 16.8. The van der Waals surface area contributed by atoms with Gasteiger partial charge in [0.15, 0.2) is 11.5 Å². The maximum Gasteiger partial charge on any atom is 0.277 e. The maximum absolute atomic E-state index is 12.7. The maximum atomic E-state index is 12.7. The second kappa shape index (κ2) is 8.14. The zero-order chi connectivity index (χ0) is 20.2. The summed E-state index contributed by atoms with van der Waals surface area (Å²) in [5.74, 6) is 0.896. The molecule has 0 fully saturated rings. The summed E-state index contributed by atoms with van der Waals surface area (Å²) >= 11 is 0. The summed E-state index contributed by atoms with van der Waals surface area (Å²) < 4.78 is 11.1. The van der Waals surface area contributed by atoms with E-state index in [1.54, 1.807) is 12.3 Å². The van der Waals surface area contributed by atoms with Crippen LogP contribution in [0, 0.1) is 6.92 Å². The van der Waals surface area contributed by atoms with E-state index in [9.17, 15) is 4.79 Å². The lowest BCUT2D eigenvalue weighted by Crippen LogP contribution is -2.12. The van der Waals surface area contributed by atoms with Gasteiger partial charge in [-0.2, -0.15) is 0 Å². The van der Waals surface area contributed by atoms with Crippen molar-refractivity contribution in [2.45, 2.75) is 20.3 Å². The van der Waals surface area contributed by atoms with Gasteiger partial charge in [0.05, 0.1) is 12.3 Å². The second-order valence-corrected chi connectivity index (χ2v) is 6.76.